The van der Waals surface area contributed by atoms with Crippen molar-refractivity contribution in [1.82, 2.24) is 34.5 Å². The summed E-state index contributed by atoms with van der Waals surface area (Å²) in [7, 11) is 0. The molecule has 6 rings (SSSR count). The topological polar surface area (TPSA) is 95.6 Å². The summed E-state index contributed by atoms with van der Waals surface area (Å²) < 4.78 is 23.9. The van der Waals surface area contributed by atoms with Gasteiger partial charge in [0.05, 0.1) is 29.0 Å². The van der Waals surface area contributed by atoms with Crippen molar-refractivity contribution in [3.63, 3.8) is 0 Å². The second-order valence-corrected chi connectivity index (χ2v) is 8.15. The molecular formula is C20H18ClFN8O. The van der Waals surface area contributed by atoms with Crippen LogP contribution in [-0.2, 0) is 6.54 Å². The molecule has 1 aliphatic heterocycles. The molecule has 0 spiro atoms. The minimum Gasteiger partial charge on any atom is -0.472 e. The van der Waals surface area contributed by atoms with Crippen molar-refractivity contribution in [2.45, 2.75) is 38.4 Å². The van der Waals surface area contributed by atoms with Crippen molar-refractivity contribution in [3.8, 4) is 11.6 Å². The van der Waals surface area contributed by atoms with E-state index >= 15 is 0 Å². The Morgan fingerprint density at radius 3 is 2.94 bits per heavy atom. The van der Waals surface area contributed by atoms with Crippen molar-refractivity contribution in [3.05, 3.63) is 41.1 Å². The highest BCUT2D eigenvalue weighted by Crippen LogP contribution is 2.48. The summed E-state index contributed by atoms with van der Waals surface area (Å²) in [4.78, 5) is 13.3. The van der Waals surface area contributed by atoms with Gasteiger partial charge < -0.3 is 10.1 Å². The van der Waals surface area contributed by atoms with E-state index in [1.54, 1.807) is 12.4 Å². The summed E-state index contributed by atoms with van der Waals surface area (Å²) in [5, 5.41) is 13.0. The van der Waals surface area contributed by atoms with Gasteiger partial charge in [-0.25, -0.2) is 18.7 Å². The fraction of sp³-hybridized carbons (Fsp3) is 0.350. The number of alkyl halides is 1. The van der Waals surface area contributed by atoms with Gasteiger partial charge >= 0.3 is 0 Å². The standard InChI is InChI=1S/C20H18ClFN8O/c1-10-14(3-2-6-23-10)30-16(11-4-5-11)15-19(28-30)31-9-12(22)8-29-18-13(17(21)27-29)7-24-20(25-15)26-18/h2-3,6-7,11-12H,4-5,8-9H2,1H3,(H,24,25,26)/t12-/m0/s1. The van der Waals surface area contributed by atoms with Crippen molar-refractivity contribution in [1.29, 1.82) is 0 Å². The summed E-state index contributed by atoms with van der Waals surface area (Å²) in [6, 6.07) is 3.82. The third-order valence-electron chi connectivity index (χ3n) is 5.51. The summed E-state index contributed by atoms with van der Waals surface area (Å²) in [6.45, 7) is 1.72. The molecule has 1 fully saturated rings. The number of aromatic nitrogens is 7. The van der Waals surface area contributed by atoms with Crippen LogP contribution < -0.4 is 10.1 Å². The first-order chi connectivity index (χ1) is 15.1. The van der Waals surface area contributed by atoms with Gasteiger partial charge in [0, 0.05) is 18.3 Å². The van der Waals surface area contributed by atoms with Gasteiger partial charge in [-0.2, -0.15) is 10.1 Å². The maximum absolute atomic E-state index is 14.8. The first-order valence-corrected chi connectivity index (χ1v) is 10.4. The fourth-order valence-electron chi connectivity index (χ4n) is 3.88. The van der Waals surface area contributed by atoms with Gasteiger partial charge in [0.1, 0.15) is 12.3 Å². The molecular weight excluding hydrogens is 423 g/mol. The Labute approximate surface area is 181 Å². The van der Waals surface area contributed by atoms with Crippen LogP contribution in [0.3, 0.4) is 0 Å². The SMILES string of the molecule is Cc1ncccc1-n1nc2c(c1C1CC1)Nc1ncc3c(Cl)nn(c3n1)C[C@H](F)CO2. The number of aryl methyl sites for hydroxylation is 1. The van der Waals surface area contributed by atoms with Crippen molar-refractivity contribution >= 4 is 34.3 Å². The Morgan fingerprint density at radius 2 is 2.13 bits per heavy atom. The first kappa shape index (κ1) is 18.5. The Bertz CT molecular complexity index is 1310. The predicted octanol–water partition coefficient (Wildman–Crippen LogP) is 3.72. The summed E-state index contributed by atoms with van der Waals surface area (Å²) >= 11 is 6.18. The van der Waals surface area contributed by atoms with Gasteiger partial charge in [-0.1, -0.05) is 11.6 Å². The minimum absolute atomic E-state index is 0.0348. The van der Waals surface area contributed by atoms with E-state index in [0.717, 1.165) is 29.9 Å². The van der Waals surface area contributed by atoms with Crippen molar-refractivity contribution < 1.29 is 9.13 Å². The molecule has 2 aliphatic rings. The molecule has 11 heteroatoms. The van der Waals surface area contributed by atoms with E-state index in [2.05, 4.69) is 25.4 Å². The van der Waals surface area contributed by atoms with Gasteiger partial charge in [-0.05, 0) is 31.9 Å². The van der Waals surface area contributed by atoms with Crippen LogP contribution in [0.15, 0.2) is 24.5 Å². The third-order valence-corrected chi connectivity index (χ3v) is 5.79. The molecule has 1 N–H and O–H groups in total. The molecule has 0 amide bonds. The maximum atomic E-state index is 14.8. The highest BCUT2D eigenvalue weighted by Gasteiger charge is 2.35. The van der Waals surface area contributed by atoms with Gasteiger partial charge in [0.2, 0.25) is 5.95 Å². The van der Waals surface area contributed by atoms with Crippen LogP contribution in [0, 0.1) is 6.92 Å². The summed E-state index contributed by atoms with van der Waals surface area (Å²) in [5.41, 5.74) is 3.77. The summed E-state index contributed by atoms with van der Waals surface area (Å²) in [5.74, 6) is 0.966. The van der Waals surface area contributed by atoms with Crippen LogP contribution in [0.4, 0.5) is 16.0 Å². The van der Waals surface area contributed by atoms with Gasteiger partial charge in [0.15, 0.2) is 17.0 Å². The van der Waals surface area contributed by atoms with Crippen LogP contribution >= 0.6 is 11.6 Å². The second-order valence-electron chi connectivity index (χ2n) is 7.80. The second kappa shape index (κ2) is 6.88. The number of pyridine rings is 1. The highest BCUT2D eigenvalue weighted by atomic mass is 35.5. The molecule has 0 unspecified atom stereocenters. The Morgan fingerprint density at radius 1 is 1.26 bits per heavy atom. The smallest absolute Gasteiger partial charge is 0.257 e. The predicted molar refractivity (Wildman–Crippen MR) is 112 cm³/mol. The number of hydrogen-bond acceptors (Lipinski definition) is 7. The minimum atomic E-state index is -1.32. The molecule has 158 valence electrons. The van der Waals surface area contributed by atoms with E-state index in [-0.39, 0.29) is 18.3 Å². The van der Waals surface area contributed by atoms with Gasteiger partial charge in [0.25, 0.3) is 5.88 Å². The number of ether oxygens (including phenoxy) is 1. The number of anilines is 2. The van der Waals surface area contributed by atoms with Crippen LogP contribution in [-0.4, -0.2) is 47.3 Å². The first-order valence-electron chi connectivity index (χ1n) is 10.1. The summed E-state index contributed by atoms with van der Waals surface area (Å²) in [6.07, 6.45) is 4.08. The lowest BCUT2D eigenvalue weighted by molar-refractivity contribution is 0.171. The average Bonchev–Trinajstić information content (AvgIpc) is 3.47. The quantitative estimate of drug-likeness (QED) is 0.507. The molecule has 1 atom stereocenters. The van der Waals surface area contributed by atoms with Crippen LogP contribution in [0.25, 0.3) is 16.7 Å². The molecule has 1 aliphatic carbocycles. The lowest BCUT2D eigenvalue weighted by Crippen LogP contribution is -2.20. The number of halogens is 2. The maximum Gasteiger partial charge on any atom is 0.257 e. The van der Waals surface area contributed by atoms with E-state index in [9.17, 15) is 4.39 Å². The number of nitrogens with zero attached hydrogens (tertiary/aromatic N) is 7. The molecule has 9 nitrogen and oxygen atoms in total. The van der Waals surface area contributed by atoms with E-state index < -0.39 is 6.17 Å². The van der Waals surface area contributed by atoms with Gasteiger partial charge in [-0.15, -0.1) is 5.10 Å². The number of nitrogens with one attached hydrogen (secondary N) is 1. The lowest BCUT2D eigenvalue weighted by Gasteiger charge is -2.11. The van der Waals surface area contributed by atoms with Gasteiger partial charge in [-0.3, -0.25) is 4.98 Å². The number of rotatable bonds is 2. The molecule has 5 heterocycles. The lowest BCUT2D eigenvalue weighted by atomic mass is 10.2. The van der Waals surface area contributed by atoms with Crippen LogP contribution in [0.1, 0.15) is 30.1 Å². The Kier molecular flexibility index (Phi) is 4.10. The monoisotopic (exact) mass is 440 g/mol. The molecule has 31 heavy (non-hydrogen) atoms. The molecule has 1 saturated carbocycles. The average molecular weight is 441 g/mol. The Hall–Kier alpha value is -3.27. The largest absolute Gasteiger partial charge is 0.472 e. The van der Waals surface area contributed by atoms with E-state index in [1.165, 1.54) is 4.68 Å². The van der Waals surface area contributed by atoms with Crippen LogP contribution in [0.2, 0.25) is 5.15 Å². The van der Waals surface area contributed by atoms with E-state index in [4.69, 9.17) is 21.4 Å². The molecule has 4 aromatic rings. The van der Waals surface area contributed by atoms with Crippen LogP contribution in [0.5, 0.6) is 5.88 Å². The molecule has 0 radical (unpaired) electrons. The zero-order valence-electron chi connectivity index (χ0n) is 16.6. The fourth-order valence-corrected chi connectivity index (χ4v) is 4.10. The number of fused-ring (bicyclic) bond motifs is 2. The third kappa shape index (κ3) is 3.09. The Balaban J connectivity index is 1.55. The van der Waals surface area contributed by atoms with E-state index in [1.807, 2.05) is 23.7 Å². The molecule has 2 bridgehead atoms. The molecule has 0 saturated heterocycles. The molecule has 0 aromatic carbocycles. The normalized spacial score (nSPS) is 18.4. The van der Waals surface area contributed by atoms with E-state index in [0.29, 0.717) is 34.5 Å². The molecule has 4 aromatic heterocycles. The van der Waals surface area contributed by atoms with Crippen molar-refractivity contribution in [2.75, 3.05) is 11.9 Å². The zero-order valence-corrected chi connectivity index (χ0v) is 17.3. The zero-order chi connectivity index (χ0) is 21.1. The van der Waals surface area contributed by atoms with Crippen molar-refractivity contribution in [2.24, 2.45) is 0 Å². The highest BCUT2D eigenvalue weighted by molar-refractivity contribution is 6.34. The number of hydrogen-bond donors (Lipinski definition) is 1.